The molecule has 0 radical (unpaired) electrons. The Morgan fingerprint density at radius 2 is 1.53 bits per heavy atom. The van der Waals surface area contributed by atoms with Crippen molar-refractivity contribution in [2.45, 2.75) is 69.6 Å². The van der Waals surface area contributed by atoms with Gasteiger partial charge in [-0.2, -0.15) is 0 Å². The first kappa shape index (κ1) is 51.4. The Bertz CT molecular complexity index is 2360. The maximum Gasteiger partial charge on any atom is 0.333 e. The fraction of sp³-hybridized carbons (Fsp3) is 0.420. The highest BCUT2D eigenvalue weighted by Gasteiger charge is 2.40. The maximum absolute atomic E-state index is 12.4. The standard InChI is InChI=1S/C50H63N3O12S/c1-36(37(2)49(38-15-9-7-10-16-38)41-21-19-39(34-44(41)54)51(26-28-63-32-30-61-5)27-29-64-33-31-62-6)14-13-17-45-50(3,4)42-35-40(66(58,59)60)20-22-43(42)52(45)25-12-8-11-18-48(57)65-53-46(55)23-24-47(53)56/h7,9-10,13-17,19-22,34-35,54H,1,8,11-12,18,23-33H2,2-6H3,(H,58,59,60)/b14-13+,45-17+,49-37-. The number of anilines is 2. The number of hydrogen-bond donors (Lipinski definition) is 0. The molecule has 0 aliphatic carbocycles. The van der Waals surface area contributed by atoms with Crippen LogP contribution in [0.15, 0.2) is 113 Å². The van der Waals surface area contributed by atoms with E-state index in [4.69, 9.17) is 23.8 Å². The molecule has 0 bridgehead atoms. The first-order valence-corrected chi connectivity index (χ1v) is 23.5. The van der Waals surface area contributed by atoms with Gasteiger partial charge in [0.2, 0.25) is 0 Å². The van der Waals surface area contributed by atoms with E-state index in [1.807, 2.05) is 87.5 Å². The zero-order valence-electron chi connectivity index (χ0n) is 38.6. The van der Waals surface area contributed by atoms with Crippen LogP contribution in [0.3, 0.4) is 0 Å². The van der Waals surface area contributed by atoms with E-state index in [1.165, 1.54) is 12.1 Å². The Kier molecular flexibility index (Phi) is 18.9. The Hall–Kier alpha value is -5.62. The smallest absolute Gasteiger partial charge is 0.333 e. The summed E-state index contributed by atoms with van der Waals surface area (Å²) < 4.78 is 58.1. The molecule has 15 nitrogen and oxygen atoms in total. The fourth-order valence-electron chi connectivity index (χ4n) is 7.95. The van der Waals surface area contributed by atoms with Crippen LogP contribution in [0.25, 0.3) is 5.57 Å². The summed E-state index contributed by atoms with van der Waals surface area (Å²) >= 11 is 0. The van der Waals surface area contributed by atoms with Gasteiger partial charge in [0, 0.05) is 81.2 Å². The highest BCUT2D eigenvalue weighted by Crippen LogP contribution is 2.48. The molecule has 0 aromatic heterocycles. The van der Waals surface area contributed by atoms with E-state index < -0.39 is 33.3 Å². The van der Waals surface area contributed by atoms with Crippen molar-refractivity contribution in [3.8, 4) is 5.75 Å². The Balaban J connectivity index is 1.39. The zero-order valence-corrected chi connectivity index (χ0v) is 39.5. The number of methoxy groups -OCH3 is 2. The van der Waals surface area contributed by atoms with E-state index in [-0.39, 0.29) is 24.2 Å². The lowest BCUT2D eigenvalue weighted by atomic mass is 9.83. The number of hydroxylamine groups is 2. The second kappa shape index (κ2) is 24.2. The van der Waals surface area contributed by atoms with E-state index >= 15 is 0 Å². The molecule has 2 aliphatic rings. The van der Waals surface area contributed by atoms with Gasteiger partial charge in [0.15, 0.2) is 0 Å². The molecule has 0 spiro atoms. The van der Waals surface area contributed by atoms with Crippen LogP contribution in [0, 0.1) is 0 Å². The molecule has 3 aromatic rings. The van der Waals surface area contributed by atoms with Crippen molar-refractivity contribution < 1.29 is 56.2 Å². The highest BCUT2D eigenvalue weighted by molar-refractivity contribution is 7.85. The zero-order chi connectivity index (χ0) is 47.9. The number of allylic oxidation sites excluding steroid dienone is 6. The SMILES string of the molecule is C=C(/C=C/C=C1/N(CCCCCC(=O)ON2C(=O)CCC2=O)c2ccc(S(=O)(=O)[O-])cc2C1(C)C)/C(C)=C(/c1ccccc1)c1ccc(N(CCOCCOC)CCOCCOC)cc1[OH2+]. The monoisotopic (exact) mass is 929 g/mol. The van der Waals surface area contributed by atoms with Crippen molar-refractivity contribution in [2.75, 3.05) is 83.3 Å². The third-order valence-corrected chi connectivity index (χ3v) is 12.4. The largest absolute Gasteiger partial charge is 0.744 e. The number of amides is 2. The van der Waals surface area contributed by atoms with Crippen LogP contribution in [-0.4, -0.2) is 114 Å². The van der Waals surface area contributed by atoms with Crippen molar-refractivity contribution in [2.24, 2.45) is 0 Å². The molecule has 66 heavy (non-hydrogen) atoms. The van der Waals surface area contributed by atoms with Gasteiger partial charge in [0.05, 0.1) is 56.2 Å². The minimum Gasteiger partial charge on any atom is -0.744 e. The van der Waals surface area contributed by atoms with Crippen molar-refractivity contribution in [1.82, 2.24) is 5.06 Å². The van der Waals surface area contributed by atoms with Crippen molar-refractivity contribution in [3.63, 3.8) is 0 Å². The molecule has 0 unspecified atom stereocenters. The summed E-state index contributed by atoms with van der Waals surface area (Å²) in [7, 11) is -1.45. The van der Waals surface area contributed by atoms with E-state index in [9.17, 15) is 32.5 Å². The van der Waals surface area contributed by atoms with Crippen molar-refractivity contribution in [1.29, 1.82) is 0 Å². The molecular formula is C50H63N3O12S. The average molecular weight is 930 g/mol. The summed E-state index contributed by atoms with van der Waals surface area (Å²) in [5, 5.41) is 9.88. The predicted octanol–water partition coefficient (Wildman–Crippen LogP) is 6.94. The number of rotatable bonds is 26. The van der Waals surface area contributed by atoms with Gasteiger partial charge < -0.3 is 43.2 Å². The number of unbranched alkanes of at least 4 members (excludes halogenated alkanes) is 2. The van der Waals surface area contributed by atoms with E-state index in [2.05, 4.69) is 16.4 Å². The van der Waals surface area contributed by atoms with Crippen LogP contribution < -0.4 is 9.80 Å². The summed E-state index contributed by atoms with van der Waals surface area (Å²) in [5.74, 6) is -1.37. The van der Waals surface area contributed by atoms with Crippen LogP contribution in [0.4, 0.5) is 11.4 Å². The van der Waals surface area contributed by atoms with Crippen LogP contribution in [0.2, 0.25) is 0 Å². The van der Waals surface area contributed by atoms with E-state index in [0.29, 0.717) is 100 Å². The van der Waals surface area contributed by atoms with Gasteiger partial charge >= 0.3 is 5.97 Å². The topological polar surface area (TPSA) is 187 Å². The fourth-order valence-corrected chi connectivity index (χ4v) is 8.44. The average Bonchev–Trinajstić information content (AvgIpc) is 3.71. The molecule has 3 aromatic carbocycles. The number of imide groups is 1. The Labute approximate surface area is 388 Å². The van der Waals surface area contributed by atoms with Crippen LogP contribution >= 0.6 is 0 Å². The van der Waals surface area contributed by atoms with Crippen molar-refractivity contribution in [3.05, 3.63) is 125 Å². The molecule has 1 fully saturated rings. The van der Waals surface area contributed by atoms with Gasteiger partial charge in [-0.1, -0.05) is 69.3 Å². The minimum absolute atomic E-state index is 0.0224. The van der Waals surface area contributed by atoms with E-state index in [0.717, 1.165) is 39.3 Å². The van der Waals surface area contributed by atoms with Crippen LogP contribution in [-0.2, 0) is 53.7 Å². The van der Waals surface area contributed by atoms with Crippen LogP contribution in [0.5, 0.6) is 5.75 Å². The lowest BCUT2D eigenvalue weighted by molar-refractivity contribution is -0.197. The number of carbonyl (C=O) groups is 3. The summed E-state index contributed by atoms with van der Waals surface area (Å²) in [6.07, 6.45) is 7.55. The number of carbonyl (C=O) groups excluding carboxylic acids is 3. The molecule has 0 saturated carbocycles. The summed E-state index contributed by atoms with van der Waals surface area (Å²) in [5.41, 5.74) is 6.56. The number of fused-ring (bicyclic) bond motifs is 1. The molecule has 2 N–H and O–H groups in total. The summed E-state index contributed by atoms with van der Waals surface area (Å²) in [4.78, 5) is 45.1. The van der Waals surface area contributed by atoms with Crippen molar-refractivity contribution >= 4 is 44.8 Å². The lowest BCUT2D eigenvalue weighted by Gasteiger charge is -2.27. The number of benzene rings is 3. The molecule has 2 aliphatic heterocycles. The minimum atomic E-state index is -4.71. The molecular weight excluding hydrogens is 867 g/mol. The molecule has 16 heteroatoms. The van der Waals surface area contributed by atoms with Crippen LogP contribution in [0.1, 0.15) is 76.0 Å². The number of ether oxygens (including phenoxy) is 4. The second-order valence-electron chi connectivity index (χ2n) is 16.5. The second-order valence-corrected chi connectivity index (χ2v) is 17.9. The molecule has 356 valence electrons. The van der Waals surface area contributed by atoms with Gasteiger partial charge in [0.25, 0.3) is 17.6 Å². The normalized spacial score (nSPS) is 15.8. The first-order valence-electron chi connectivity index (χ1n) is 22.1. The Morgan fingerprint density at radius 3 is 2.14 bits per heavy atom. The first-order chi connectivity index (χ1) is 31.6. The molecule has 2 heterocycles. The Morgan fingerprint density at radius 1 is 0.879 bits per heavy atom. The molecule has 0 atom stereocenters. The highest BCUT2D eigenvalue weighted by atomic mass is 32.2. The van der Waals surface area contributed by atoms with Gasteiger partial charge in [-0.05, 0) is 78.4 Å². The summed E-state index contributed by atoms with van der Waals surface area (Å²) in [6, 6.07) is 20.2. The number of nitrogens with zero attached hydrogens (tertiary/aromatic N) is 3. The van der Waals surface area contributed by atoms with Gasteiger partial charge in [-0.15, -0.1) is 5.06 Å². The maximum atomic E-state index is 12.4. The van der Waals surface area contributed by atoms with E-state index in [1.54, 1.807) is 20.3 Å². The third kappa shape index (κ3) is 13.5. The third-order valence-electron chi connectivity index (χ3n) is 11.6. The lowest BCUT2D eigenvalue weighted by Crippen LogP contribution is -2.32. The predicted molar refractivity (Wildman–Crippen MR) is 252 cm³/mol. The quantitative estimate of drug-likeness (QED) is 0.0265. The summed E-state index contributed by atoms with van der Waals surface area (Å²) in [6.45, 7) is 15.0. The molecule has 2 amide bonds. The number of hydrogen-bond acceptors (Lipinski definition) is 13. The van der Waals surface area contributed by atoms with Gasteiger partial charge in [-0.3, -0.25) is 9.59 Å². The molecule has 1 saturated heterocycles. The van der Waals surface area contributed by atoms with Gasteiger partial charge in [-0.25, -0.2) is 13.2 Å². The molecule has 5 rings (SSSR count). The van der Waals surface area contributed by atoms with Gasteiger partial charge in [0.1, 0.15) is 10.1 Å².